The number of rotatable bonds is 2. The summed E-state index contributed by atoms with van der Waals surface area (Å²) >= 11 is 0. The van der Waals surface area contributed by atoms with E-state index in [0.717, 1.165) is 24.2 Å². The van der Waals surface area contributed by atoms with Crippen molar-refractivity contribution in [1.29, 1.82) is 0 Å². The third kappa shape index (κ3) is 2.99. The highest BCUT2D eigenvalue weighted by Crippen LogP contribution is 2.54. The van der Waals surface area contributed by atoms with Crippen LogP contribution in [-0.4, -0.2) is 76.1 Å². The van der Waals surface area contributed by atoms with E-state index >= 15 is 0 Å². The van der Waals surface area contributed by atoms with Crippen molar-refractivity contribution >= 4 is 28.9 Å². The molecule has 1 aliphatic heterocycles. The molecule has 1 aromatic rings. The zero-order chi connectivity index (χ0) is 25.6. The molecular weight excluding hydrogens is 454 g/mol. The van der Waals surface area contributed by atoms with Crippen molar-refractivity contribution in [2.75, 3.05) is 32.6 Å². The van der Waals surface area contributed by atoms with E-state index in [1.165, 1.54) is 0 Å². The van der Waals surface area contributed by atoms with Gasteiger partial charge < -0.3 is 36.0 Å². The number of Topliss-reactive ketones (excluding diaryl/α,β-unsaturated/α-hetero) is 2. The van der Waals surface area contributed by atoms with E-state index in [4.69, 9.17) is 5.73 Å². The highest BCUT2D eigenvalue weighted by atomic mass is 16.3. The first-order chi connectivity index (χ1) is 16.4. The van der Waals surface area contributed by atoms with Crippen LogP contribution in [0.15, 0.2) is 23.0 Å². The minimum atomic E-state index is -2.55. The molecule has 3 unspecified atom stereocenters. The predicted molar refractivity (Wildman–Crippen MR) is 126 cm³/mol. The normalized spacial score (nSPS) is 30.2. The zero-order valence-corrected chi connectivity index (χ0v) is 19.8. The highest BCUT2D eigenvalue weighted by Gasteiger charge is 2.60. The van der Waals surface area contributed by atoms with E-state index in [9.17, 15) is 34.8 Å². The summed E-state index contributed by atoms with van der Waals surface area (Å²) in [5.41, 5.74) is 4.41. The quantitative estimate of drug-likeness (QED) is 0.384. The molecule has 1 amide bonds. The Kier molecular flexibility index (Phi) is 5.05. The van der Waals surface area contributed by atoms with E-state index in [1.807, 2.05) is 21.1 Å². The standard InChI is InChI=1S/C25H29N3O7/c1-27(2)14-4-5-28(3)20-12(14)9-16(30)18-13(20)7-10-6-11-8-15(29)19(24(26)34)23(33)25(11,35)22(32)17(10)21(18)31/h9-11,14,30-31,33,35H,4-8H2,1-3H3,(H2,26,34)/t10?,11?,14?,25-/m0/s1. The Hall–Kier alpha value is -3.37. The van der Waals surface area contributed by atoms with Gasteiger partial charge in [0.05, 0.1) is 5.56 Å². The maximum atomic E-state index is 13.6. The molecule has 0 bridgehead atoms. The average Bonchev–Trinajstić information content (AvgIpc) is 2.75. The van der Waals surface area contributed by atoms with Gasteiger partial charge in [0.1, 0.15) is 22.8 Å². The van der Waals surface area contributed by atoms with E-state index in [-0.39, 0.29) is 35.8 Å². The van der Waals surface area contributed by atoms with Gasteiger partial charge in [0, 0.05) is 43.2 Å². The molecule has 0 aromatic heterocycles. The van der Waals surface area contributed by atoms with Crippen LogP contribution in [0.1, 0.15) is 42.0 Å². The number of aliphatic hydroxyl groups is 3. The molecule has 10 heteroatoms. The number of aromatic hydroxyl groups is 1. The van der Waals surface area contributed by atoms with Gasteiger partial charge in [0.25, 0.3) is 5.91 Å². The Labute approximate surface area is 201 Å². The van der Waals surface area contributed by atoms with E-state index in [1.54, 1.807) is 6.07 Å². The van der Waals surface area contributed by atoms with Crippen molar-refractivity contribution in [3.63, 3.8) is 0 Å². The second kappa shape index (κ2) is 7.56. The van der Waals surface area contributed by atoms with Crippen LogP contribution in [0.4, 0.5) is 5.69 Å². The van der Waals surface area contributed by atoms with Crippen LogP contribution in [0.5, 0.6) is 5.75 Å². The topological polar surface area (TPSA) is 165 Å². The van der Waals surface area contributed by atoms with Crippen molar-refractivity contribution in [2.45, 2.75) is 37.3 Å². The highest BCUT2D eigenvalue weighted by molar-refractivity contribution is 6.22. The fourth-order valence-electron chi connectivity index (χ4n) is 6.53. The number of anilines is 1. The predicted octanol–water partition coefficient (Wildman–Crippen LogP) is 0.867. The fraction of sp³-hybridized carbons (Fsp3) is 0.480. The molecule has 1 fully saturated rings. The number of fused-ring (bicyclic) bond motifs is 5. The number of aliphatic hydroxyl groups excluding tert-OH is 2. The number of phenolic OH excluding ortho intramolecular Hbond substituents is 1. The molecule has 1 saturated carbocycles. The molecule has 6 N–H and O–H groups in total. The lowest BCUT2D eigenvalue weighted by Gasteiger charge is -2.47. The number of primary amides is 1. The molecule has 1 heterocycles. The van der Waals surface area contributed by atoms with Gasteiger partial charge in [0.15, 0.2) is 11.4 Å². The van der Waals surface area contributed by atoms with Gasteiger partial charge in [-0.15, -0.1) is 0 Å². The fourth-order valence-corrected chi connectivity index (χ4v) is 6.53. The SMILES string of the molecule is CN1CCC(N(C)C)c2cc(O)c3c(c21)CC1CC2CC(=O)C(C(N)=O)=C(O)[C@@]2(O)C(=O)C1=C3O. The first kappa shape index (κ1) is 23.4. The maximum absolute atomic E-state index is 13.6. The van der Waals surface area contributed by atoms with E-state index in [2.05, 4.69) is 9.80 Å². The summed E-state index contributed by atoms with van der Waals surface area (Å²) in [5.74, 6) is -6.17. The molecule has 0 spiro atoms. The van der Waals surface area contributed by atoms with Crippen LogP contribution in [-0.2, 0) is 20.8 Å². The molecule has 4 aliphatic rings. The molecule has 5 rings (SSSR count). The monoisotopic (exact) mass is 483 g/mol. The number of carbonyl (C=O) groups excluding carboxylic acids is 3. The second-order valence-corrected chi connectivity index (χ2v) is 10.3. The second-order valence-electron chi connectivity index (χ2n) is 10.3. The van der Waals surface area contributed by atoms with Gasteiger partial charge in [-0.25, -0.2) is 0 Å². The smallest absolute Gasteiger partial charge is 0.255 e. The summed E-state index contributed by atoms with van der Waals surface area (Å²) < 4.78 is 0. The third-order valence-electron chi connectivity index (χ3n) is 8.17. The largest absolute Gasteiger partial charge is 0.508 e. The average molecular weight is 484 g/mol. The van der Waals surface area contributed by atoms with Crippen LogP contribution < -0.4 is 10.6 Å². The molecule has 1 aromatic carbocycles. The number of hydrogen-bond donors (Lipinski definition) is 5. The lowest BCUT2D eigenvalue weighted by atomic mass is 9.59. The molecule has 4 atom stereocenters. The van der Waals surface area contributed by atoms with Gasteiger partial charge in [-0.3, -0.25) is 14.4 Å². The number of hydrogen-bond acceptors (Lipinski definition) is 9. The van der Waals surface area contributed by atoms with Gasteiger partial charge in [-0.2, -0.15) is 0 Å². The number of nitrogens with two attached hydrogens (primary N) is 1. The summed E-state index contributed by atoms with van der Waals surface area (Å²) in [5, 5.41) is 44.3. The van der Waals surface area contributed by atoms with Crippen molar-refractivity contribution in [3.05, 3.63) is 39.7 Å². The number of amides is 1. The van der Waals surface area contributed by atoms with Crippen molar-refractivity contribution in [1.82, 2.24) is 4.90 Å². The number of phenols is 1. The Morgan fingerprint density at radius 2 is 1.89 bits per heavy atom. The lowest BCUT2D eigenvalue weighted by Crippen LogP contribution is -2.58. The first-order valence-corrected chi connectivity index (χ1v) is 11.6. The lowest BCUT2D eigenvalue weighted by molar-refractivity contribution is -0.147. The molecule has 186 valence electrons. The van der Waals surface area contributed by atoms with Gasteiger partial charge >= 0.3 is 0 Å². The molecule has 0 radical (unpaired) electrons. The van der Waals surface area contributed by atoms with Gasteiger partial charge in [-0.1, -0.05) is 0 Å². The Morgan fingerprint density at radius 3 is 2.51 bits per heavy atom. The number of benzene rings is 1. The van der Waals surface area contributed by atoms with Crippen LogP contribution in [0.25, 0.3) is 5.76 Å². The van der Waals surface area contributed by atoms with Crippen molar-refractivity contribution in [2.24, 2.45) is 17.6 Å². The Bertz CT molecular complexity index is 1260. The minimum Gasteiger partial charge on any atom is -0.508 e. The molecular formula is C25H29N3O7. The third-order valence-corrected chi connectivity index (χ3v) is 8.17. The molecule has 35 heavy (non-hydrogen) atoms. The first-order valence-electron chi connectivity index (χ1n) is 11.6. The number of carbonyl (C=O) groups is 3. The van der Waals surface area contributed by atoms with Crippen LogP contribution in [0, 0.1) is 11.8 Å². The van der Waals surface area contributed by atoms with Crippen LogP contribution in [0.3, 0.4) is 0 Å². The number of nitrogens with zero attached hydrogens (tertiary/aromatic N) is 2. The van der Waals surface area contributed by atoms with E-state index in [0.29, 0.717) is 12.0 Å². The van der Waals surface area contributed by atoms with Crippen LogP contribution >= 0.6 is 0 Å². The zero-order valence-electron chi connectivity index (χ0n) is 19.8. The van der Waals surface area contributed by atoms with E-state index < -0.39 is 52.0 Å². The van der Waals surface area contributed by atoms with Gasteiger partial charge in [0.2, 0.25) is 5.78 Å². The van der Waals surface area contributed by atoms with Crippen molar-refractivity contribution in [3.8, 4) is 5.75 Å². The molecule has 10 nitrogen and oxygen atoms in total. The van der Waals surface area contributed by atoms with Crippen LogP contribution in [0.2, 0.25) is 0 Å². The summed E-state index contributed by atoms with van der Waals surface area (Å²) in [7, 11) is 5.87. The summed E-state index contributed by atoms with van der Waals surface area (Å²) in [4.78, 5) is 42.0. The maximum Gasteiger partial charge on any atom is 0.255 e. The molecule has 0 saturated heterocycles. The van der Waals surface area contributed by atoms with Gasteiger partial charge in [-0.05, 0) is 56.5 Å². The molecule has 3 aliphatic carbocycles. The Balaban J connectivity index is 1.72. The number of ketones is 2. The summed E-state index contributed by atoms with van der Waals surface area (Å²) in [6.07, 6.45) is 0.946. The summed E-state index contributed by atoms with van der Waals surface area (Å²) in [6, 6.07) is 1.67. The van der Waals surface area contributed by atoms with Crippen molar-refractivity contribution < 1.29 is 34.8 Å². The Morgan fingerprint density at radius 1 is 1.20 bits per heavy atom. The summed E-state index contributed by atoms with van der Waals surface area (Å²) in [6.45, 7) is 0.763. The minimum absolute atomic E-state index is 0.0632.